The van der Waals surface area contributed by atoms with E-state index < -0.39 is 0 Å². The molecule has 0 amide bonds. The zero-order valence-corrected chi connectivity index (χ0v) is 13.3. The number of rotatable bonds is 3. The lowest BCUT2D eigenvalue weighted by atomic mass is 10.1. The van der Waals surface area contributed by atoms with Gasteiger partial charge in [0.1, 0.15) is 5.82 Å². The Labute approximate surface area is 130 Å². The van der Waals surface area contributed by atoms with Crippen LogP contribution >= 0.6 is 27.5 Å². The van der Waals surface area contributed by atoms with Crippen LogP contribution in [0.2, 0.25) is 5.28 Å². The second-order valence-electron chi connectivity index (χ2n) is 4.58. The Morgan fingerprint density at radius 3 is 2.60 bits per heavy atom. The molecule has 0 unspecified atom stereocenters. The van der Waals surface area contributed by atoms with Crippen LogP contribution in [0.5, 0.6) is 0 Å². The largest absolute Gasteiger partial charge is 0.269 e. The SMILES string of the molecule is CCCc1nnc(Cl)n1-c1ccc(Br)c2ccccc12. The molecule has 1 aromatic heterocycles. The van der Waals surface area contributed by atoms with Gasteiger partial charge in [0.15, 0.2) is 0 Å². The van der Waals surface area contributed by atoms with E-state index in [1.165, 1.54) is 0 Å². The lowest BCUT2D eigenvalue weighted by Gasteiger charge is -2.11. The zero-order valence-electron chi connectivity index (χ0n) is 11.0. The highest BCUT2D eigenvalue weighted by atomic mass is 79.9. The highest BCUT2D eigenvalue weighted by Crippen LogP contribution is 2.31. The highest BCUT2D eigenvalue weighted by Gasteiger charge is 2.14. The van der Waals surface area contributed by atoms with Crippen LogP contribution in [-0.4, -0.2) is 14.8 Å². The molecule has 0 aliphatic carbocycles. The minimum absolute atomic E-state index is 0.404. The van der Waals surface area contributed by atoms with Gasteiger partial charge in [-0.25, -0.2) is 0 Å². The molecular weight excluding hydrogens is 338 g/mol. The van der Waals surface area contributed by atoms with Gasteiger partial charge < -0.3 is 0 Å². The Bertz CT molecular complexity index is 767. The molecule has 2 aromatic carbocycles. The van der Waals surface area contributed by atoms with E-state index in [1.807, 2.05) is 28.8 Å². The maximum atomic E-state index is 6.23. The molecule has 3 nitrogen and oxygen atoms in total. The molecule has 1 heterocycles. The van der Waals surface area contributed by atoms with Gasteiger partial charge in [0.05, 0.1) is 5.69 Å². The average molecular weight is 351 g/mol. The van der Waals surface area contributed by atoms with Crippen molar-refractivity contribution >= 4 is 38.3 Å². The molecule has 3 rings (SSSR count). The molecule has 0 fully saturated rings. The molecule has 0 aliphatic heterocycles. The van der Waals surface area contributed by atoms with Crippen LogP contribution in [0.15, 0.2) is 40.9 Å². The molecule has 0 aliphatic rings. The lowest BCUT2D eigenvalue weighted by Crippen LogP contribution is -2.02. The summed E-state index contributed by atoms with van der Waals surface area (Å²) in [6.45, 7) is 2.12. The molecule has 0 saturated heterocycles. The number of aromatic nitrogens is 3. The Morgan fingerprint density at radius 2 is 1.85 bits per heavy atom. The molecule has 20 heavy (non-hydrogen) atoms. The van der Waals surface area contributed by atoms with Crippen LogP contribution in [0.1, 0.15) is 19.2 Å². The minimum Gasteiger partial charge on any atom is -0.269 e. The zero-order chi connectivity index (χ0) is 14.1. The van der Waals surface area contributed by atoms with Gasteiger partial charge in [0, 0.05) is 16.3 Å². The van der Waals surface area contributed by atoms with E-state index in [2.05, 4.69) is 45.2 Å². The second kappa shape index (κ2) is 5.54. The molecule has 0 saturated carbocycles. The summed E-state index contributed by atoms with van der Waals surface area (Å²) in [5, 5.41) is 10.9. The Morgan fingerprint density at radius 1 is 1.10 bits per heavy atom. The fourth-order valence-corrected chi connectivity index (χ4v) is 3.06. The van der Waals surface area contributed by atoms with Crippen molar-refractivity contribution in [3.8, 4) is 5.69 Å². The van der Waals surface area contributed by atoms with Gasteiger partial charge in [-0.1, -0.05) is 47.1 Å². The molecule has 0 spiro atoms. The number of hydrogen-bond acceptors (Lipinski definition) is 2. The number of hydrogen-bond donors (Lipinski definition) is 0. The summed E-state index contributed by atoms with van der Waals surface area (Å²) in [6.07, 6.45) is 1.85. The van der Waals surface area contributed by atoms with Crippen molar-refractivity contribution in [3.63, 3.8) is 0 Å². The smallest absolute Gasteiger partial charge is 0.229 e. The fourth-order valence-electron chi connectivity index (χ4n) is 2.36. The standard InChI is InChI=1S/C15H13BrClN3/c1-2-5-14-18-19-15(17)20(14)13-9-8-12(16)10-6-3-4-7-11(10)13/h3-4,6-9H,2,5H2,1H3. The van der Waals surface area contributed by atoms with Crippen molar-refractivity contribution in [2.45, 2.75) is 19.8 Å². The Kier molecular flexibility index (Phi) is 3.76. The van der Waals surface area contributed by atoms with Crippen LogP contribution in [0.4, 0.5) is 0 Å². The molecule has 3 aromatic rings. The maximum Gasteiger partial charge on any atom is 0.229 e. The summed E-state index contributed by atoms with van der Waals surface area (Å²) >= 11 is 9.82. The van der Waals surface area contributed by atoms with Crippen LogP contribution in [-0.2, 0) is 6.42 Å². The van der Waals surface area contributed by atoms with Crippen molar-refractivity contribution in [1.82, 2.24) is 14.8 Å². The third-order valence-corrected chi connectivity index (χ3v) is 4.19. The number of fused-ring (bicyclic) bond motifs is 1. The molecule has 0 bridgehead atoms. The summed E-state index contributed by atoms with van der Waals surface area (Å²) < 4.78 is 3.00. The van der Waals surface area contributed by atoms with Gasteiger partial charge in [-0.3, -0.25) is 4.57 Å². The first-order chi connectivity index (χ1) is 9.72. The topological polar surface area (TPSA) is 30.7 Å². The van der Waals surface area contributed by atoms with E-state index in [1.54, 1.807) is 0 Å². The monoisotopic (exact) mass is 349 g/mol. The maximum absolute atomic E-state index is 6.23. The first-order valence-electron chi connectivity index (χ1n) is 6.49. The van der Waals surface area contributed by atoms with Gasteiger partial charge in [-0.15, -0.1) is 10.2 Å². The highest BCUT2D eigenvalue weighted by molar-refractivity contribution is 9.10. The Balaban J connectivity index is 2.30. The van der Waals surface area contributed by atoms with Crippen molar-refractivity contribution in [2.75, 3.05) is 0 Å². The second-order valence-corrected chi connectivity index (χ2v) is 5.78. The third-order valence-electron chi connectivity index (χ3n) is 3.25. The van der Waals surface area contributed by atoms with Crippen LogP contribution in [0.3, 0.4) is 0 Å². The minimum atomic E-state index is 0.404. The quantitative estimate of drug-likeness (QED) is 0.680. The van der Waals surface area contributed by atoms with Crippen molar-refractivity contribution in [2.24, 2.45) is 0 Å². The summed E-state index contributed by atoms with van der Waals surface area (Å²) in [4.78, 5) is 0. The average Bonchev–Trinajstić information content (AvgIpc) is 2.82. The number of aryl methyl sites for hydroxylation is 1. The summed E-state index contributed by atoms with van der Waals surface area (Å²) in [5.74, 6) is 0.893. The van der Waals surface area contributed by atoms with E-state index in [-0.39, 0.29) is 0 Å². The predicted octanol–water partition coefficient (Wildman–Crippen LogP) is 4.79. The van der Waals surface area contributed by atoms with Crippen molar-refractivity contribution < 1.29 is 0 Å². The van der Waals surface area contributed by atoms with E-state index >= 15 is 0 Å². The predicted molar refractivity (Wildman–Crippen MR) is 85.6 cm³/mol. The van der Waals surface area contributed by atoms with E-state index in [4.69, 9.17) is 11.6 Å². The van der Waals surface area contributed by atoms with Crippen molar-refractivity contribution in [1.29, 1.82) is 0 Å². The fraction of sp³-hybridized carbons (Fsp3) is 0.200. The molecule has 5 heteroatoms. The van der Waals surface area contributed by atoms with E-state index in [0.29, 0.717) is 5.28 Å². The molecular formula is C15H13BrClN3. The van der Waals surface area contributed by atoms with Gasteiger partial charge in [0.25, 0.3) is 0 Å². The first kappa shape index (κ1) is 13.6. The summed E-state index contributed by atoms with van der Waals surface area (Å²) in [5.41, 5.74) is 1.02. The summed E-state index contributed by atoms with van der Waals surface area (Å²) in [7, 11) is 0. The lowest BCUT2D eigenvalue weighted by molar-refractivity contribution is 0.805. The Hall–Kier alpha value is -1.39. The van der Waals surface area contributed by atoms with Gasteiger partial charge in [0.2, 0.25) is 5.28 Å². The van der Waals surface area contributed by atoms with Gasteiger partial charge >= 0.3 is 0 Å². The third kappa shape index (κ3) is 2.23. The number of halogens is 2. The molecule has 102 valence electrons. The summed E-state index contributed by atoms with van der Waals surface area (Å²) in [6, 6.07) is 12.3. The van der Waals surface area contributed by atoms with E-state index in [0.717, 1.165) is 39.6 Å². The normalized spacial score (nSPS) is 11.2. The van der Waals surface area contributed by atoms with Gasteiger partial charge in [-0.05, 0) is 35.5 Å². The molecule has 0 N–H and O–H groups in total. The van der Waals surface area contributed by atoms with Crippen LogP contribution in [0, 0.1) is 0 Å². The molecule has 0 atom stereocenters. The number of nitrogens with zero attached hydrogens (tertiary/aromatic N) is 3. The van der Waals surface area contributed by atoms with Crippen LogP contribution in [0.25, 0.3) is 16.5 Å². The van der Waals surface area contributed by atoms with Crippen molar-refractivity contribution in [3.05, 3.63) is 52.0 Å². The van der Waals surface area contributed by atoms with Crippen LogP contribution < -0.4 is 0 Å². The molecule has 0 radical (unpaired) electrons. The first-order valence-corrected chi connectivity index (χ1v) is 7.67. The number of benzene rings is 2. The van der Waals surface area contributed by atoms with E-state index in [9.17, 15) is 0 Å². The van der Waals surface area contributed by atoms with Gasteiger partial charge in [-0.2, -0.15) is 0 Å².